The summed E-state index contributed by atoms with van der Waals surface area (Å²) in [5.74, 6) is 1.46. The number of anilines is 4. The predicted molar refractivity (Wildman–Crippen MR) is 117 cm³/mol. The molecule has 1 atom stereocenters. The molecule has 0 aliphatic heterocycles. The smallest absolute Gasteiger partial charge is 0.227 e. The van der Waals surface area contributed by atoms with Gasteiger partial charge in [0.1, 0.15) is 23.3 Å². The Hall–Kier alpha value is -3.38. The van der Waals surface area contributed by atoms with Crippen LogP contribution >= 0.6 is 0 Å². The van der Waals surface area contributed by atoms with E-state index in [2.05, 4.69) is 40.6 Å². The molecule has 10 nitrogen and oxygen atoms in total. The van der Waals surface area contributed by atoms with Crippen molar-refractivity contribution in [1.29, 1.82) is 0 Å². The van der Waals surface area contributed by atoms with Gasteiger partial charge >= 0.3 is 0 Å². The van der Waals surface area contributed by atoms with Gasteiger partial charge in [-0.15, -0.1) is 0 Å². The molecule has 12 heteroatoms. The second-order valence-corrected chi connectivity index (χ2v) is 8.52. The zero-order valence-electron chi connectivity index (χ0n) is 17.0. The summed E-state index contributed by atoms with van der Waals surface area (Å²) in [6.45, 7) is 2.43. The largest absolute Gasteiger partial charge is 0.369 e. The molecule has 0 fully saturated rings. The standard InChI is InChI=1S/C19H23FN8O2S/c1-13(14-3-5-15(20)6-4-14)25-19-27-16(22-9-10-24-31(2,29)30)11-17(28-19)26-18-12-21-7-8-23-18/h3-8,11-13,24H,9-10H2,1-2H3,(H3,22,23,25,26,27,28)/t13-/m0/s1. The molecule has 0 spiro atoms. The van der Waals surface area contributed by atoms with Gasteiger partial charge < -0.3 is 16.0 Å². The molecular formula is C19H23FN8O2S. The number of benzene rings is 1. The van der Waals surface area contributed by atoms with Gasteiger partial charge in [0.15, 0.2) is 0 Å². The van der Waals surface area contributed by atoms with Crippen LogP contribution in [0.15, 0.2) is 48.9 Å². The molecule has 3 rings (SSSR count). The number of hydrogen-bond acceptors (Lipinski definition) is 9. The maximum atomic E-state index is 13.2. The number of nitrogens with zero attached hydrogens (tertiary/aromatic N) is 4. The highest BCUT2D eigenvalue weighted by atomic mass is 32.2. The molecule has 0 aliphatic carbocycles. The Morgan fingerprint density at radius 1 is 1.03 bits per heavy atom. The van der Waals surface area contributed by atoms with Gasteiger partial charge in [-0.1, -0.05) is 12.1 Å². The van der Waals surface area contributed by atoms with Crippen molar-refractivity contribution in [2.75, 3.05) is 35.3 Å². The van der Waals surface area contributed by atoms with E-state index < -0.39 is 10.0 Å². The van der Waals surface area contributed by atoms with Crippen molar-refractivity contribution < 1.29 is 12.8 Å². The topological polar surface area (TPSA) is 134 Å². The third-order valence-electron chi connectivity index (χ3n) is 4.06. The lowest BCUT2D eigenvalue weighted by Crippen LogP contribution is -2.27. The fraction of sp³-hybridized carbons (Fsp3) is 0.263. The van der Waals surface area contributed by atoms with Gasteiger partial charge in [-0.25, -0.2) is 22.5 Å². The Kier molecular flexibility index (Phi) is 7.26. The first kappa shape index (κ1) is 22.3. The van der Waals surface area contributed by atoms with Crippen molar-refractivity contribution >= 4 is 33.4 Å². The molecule has 0 amide bonds. The van der Waals surface area contributed by atoms with Crippen LogP contribution in [0.2, 0.25) is 0 Å². The summed E-state index contributed by atoms with van der Waals surface area (Å²) in [5, 5.41) is 9.30. The van der Waals surface area contributed by atoms with Crippen LogP contribution in [-0.4, -0.2) is 47.7 Å². The molecule has 0 unspecified atom stereocenters. The Morgan fingerprint density at radius 2 is 1.77 bits per heavy atom. The average molecular weight is 447 g/mol. The number of aromatic nitrogens is 4. The van der Waals surface area contributed by atoms with E-state index in [9.17, 15) is 12.8 Å². The maximum absolute atomic E-state index is 13.2. The highest BCUT2D eigenvalue weighted by Gasteiger charge is 2.11. The SMILES string of the molecule is C[C@H](Nc1nc(NCCNS(C)(=O)=O)cc(Nc2cnccn2)n1)c1ccc(F)cc1. The number of halogens is 1. The minimum Gasteiger partial charge on any atom is -0.369 e. The van der Waals surface area contributed by atoms with Crippen LogP contribution in [0.3, 0.4) is 0 Å². The van der Waals surface area contributed by atoms with Crippen LogP contribution in [-0.2, 0) is 10.0 Å². The molecule has 2 aromatic heterocycles. The van der Waals surface area contributed by atoms with Gasteiger partial charge in [0.2, 0.25) is 16.0 Å². The number of rotatable bonds is 10. The minimum absolute atomic E-state index is 0.188. The van der Waals surface area contributed by atoms with Gasteiger partial charge in [-0.2, -0.15) is 9.97 Å². The van der Waals surface area contributed by atoms with E-state index in [4.69, 9.17) is 0 Å². The molecule has 3 aromatic rings. The Balaban J connectivity index is 1.77. The Bertz CT molecular complexity index is 1100. The highest BCUT2D eigenvalue weighted by molar-refractivity contribution is 7.88. The van der Waals surface area contributed by atoms with E-state index in [1.54, 1.807) is 36.8 Å². The molecular weight excluding hydrogens is 423 g/mol. The van der Waals surface area contributed by atoms with Crippen LogP contribution in [0.4, 0.5) is 27.8 Å². The first-order chi connectivity index (χ1) is 14.8. The van der Waals surface area contributed by atoms with Gasteiger partial charge in [0.25, 0.3) is 0 Å². The van der Waals surface area contributed by atoms with Gasteiger partial charge in [0, 0.05) is 31.5 Å². The van der Waals surface area contributed by atoms with Crippen molar-refractivity contribution in [3.8, 4) is 0 Å². The molecule has 1 aromatic carbocycles. The molecule has 4 N–H and O–H groups in total. The summed E-state index contributed by atoms with van der Waals surface area (Å²) < 4.78 is 38.0. The molecule has 0 radical (unpaired) electrons. The number of hydrogen-bond donors (Lipinski definition) is 4. The molecule has 2 heterocycles. The second kappa shape index (κ2) is 10.1. The third kappa shape index (κ3) is 7.42. The Morgan fingerprint density at radius 3 is 2.45 bits per heavy atom. The summed E-state index contributed by atoms with van der Waals surface area (Å²) >= 11 is 0. The van der Waals surface area contributed by atoms with E-state index in [0.717, 1.165) is 11.8 Å². The second-order valence-electron chi connectivity index (χ2n) is 6.69. The van der Waals surface area contributed by atoms with Crippen LogP contribution in [0.5, 0.6) is 0 Å². The van der Waals surface area contributed by atoms with Crippen molar-refractivity contribution in [2.45, 2.75) is 13.0 Å². The van der Waals surface area contributed by atoms with Crippen molar-refractivity contribution in [1.82, 2.24) is 24.7 Å². The van der Waals surface area contributed by atoms with Crippen molar-refractivity contribution in [2.24, 2.45) is 0 Å². The molecule has 31 heavy (non-hydrogen) atoms. The fourth-order valence-corrected chi connectivity index (χ4v) is 3.09. The van der Waals surface area contributed by atoms with Gasteiger partial charge in [-0.3, -0.25) is 4.98 Å². The van der Waals surface area contributed by atoms with E-state index in [0.29, 0.717) is 29.9 Å². The van der Waals surface area contributed by atoms with Crippen LogP contribution in [0.1, 0.15) is 18.5 Å². The first-order valence-corrected chi connectivity index (χ1v) is 11.3. The zero-order valence-corrected chi connectivity index (χ0v) is 17.8. The van der Waals surface area contributed by atoms with E-state index >= 15 is 0 Å². The lowest BCUT2D eigenvalue weighted by Gasteiger charge is -2.16. The first-order valence-electron chi connectivity index (χ1n) is 9.41. The van der Waals surface area contributed by atoms with E-state index in [1.165, 1.54) is 12.1 Å². The Labute approximate surface area is 179 Å². The van der Waals surface area contributed by atoms with Crippen LogP contribution in [0.25, 0.3) is 0 Å². The molecule has 0 saturated heterocycles. The van der Waals surface area contributed by atoms with Crippen molar-refractivity contribution in [3.05, 3.63) is 60.3 Å². The maximum Gasteiger partial charge on any atom is 0.227 e. The average Bonchev–Trinajstić information content (AvgIpc) is 2.72. The lowest BCUT2D eigenvalue weighted by molar-refractivity contribution is 0.589. The van der Waals surface area contributed by atoms with Crippen LogP contribution < -0.4 is 20.7 Å². The lowest BCUT2D eigenvalue weighted by atomic mass is 10.1. The summed E-state index contributed by atoms with van der Waals surface area (Å²) in [6, 6.07) is 7.63. The van der Waals surface area contributed by atoms with Gasteiger partial charge in [-0.05, 0) is 24.6 Å². The predicted octanol–water partition coefficient (Wildman–Crippen LogP) is 2.28. The minimum atomic E-state index is -3.27. The summed E-state index contributed by atoms with van der Waals surface area (Å²) in [7, 11) is -3.27. The summed E-state index contributed by atoms with van der Waals surface area (Å²) in [6.07, 6.45) is 5.76. The van der Waals surface area contributed by atoms with Gasteiger partial charge in [0.05, 0.1) is 18.5 Å². The van der Waals surface area contributed by atoms with Crippen molar-refractivity contribution in [3.63, 3.8) is 0 Å². The fourth-order valence-electron chi connectivity index (χ4n) is 2.62. The molecule has 0 aliphatic rings. The molecule has 0 saturated carbocycles. The van der Waals surface area contributed by atoms with Crippen LogP contribution in [0, 0.1) is 5.82 Å². The number of nitrogens with one attached hydrogen (secondary N) is 4. The molecule has 164 valence electrons. The van der Waals surface area contributed by atoms with E-state index in [1.807, 2.05) is 6.92 Å². The monoisotopic (exact) mass is 446 g/mol. The third-order valence-corrected chi connectivity index (χ3v) is 4.78. The quantitative estimate of drug-likeness (QED) is 0.346. The molecule has 0 bridgehead atoms. The zero-order chi connectivity index (χ0) is 22.3. The summed E-state index contributed by atoms with van der Waals surface area (Å²) in [5.41, 5.74) is 0.865. The number of sulfonamides is 1. The normalized spacial score (nSPS) is 12.2. The highest BCUT2D eigenvalue weighted by Crippen LogP contribution is 2.21. The summed E-state index contributed by atoms with van der Waals surface area (Å²) in [4.78, 5) is 17.1. The van der Waals surface area contributed by atoms with E-state index in [-0.39, 0.29) is 18.4 Å².